The molecule has 1 aliphatic carbocycles. The lowest BCUT2D eigenvalue weighted by atomic mass is 9.69. The Labute approximate surface area is 135 Å². The molecule has 118 valence electrons. The third-order valence-electron chi connectivity index (χ3n) is 5.61. The second-order valence-electron chi connectivity index (χ2n) is 6.73. The Kier molecular flexibility index (Phi) is 2.46. The number of nitrogens with zero attached hydrogens (tertiary/aromatic N) is 2. The maximum absolute atomic E-state index is 9.75. The number of rotatable bonds is 2. The smallest absolute Gasteiger partial charge is 0.110 e. The Morgan fingerprint density at radius 3 is 3.09 bits per heavy atom. The lowest BCUT2D eigenvalue weighted by Crippen LogP contribution is -2.59. The fourth-order valence-corrected chi connectivity index (χ4v) is 4.67. The van der Waals surface area contributed by atoms with E-state index in [1.165, 1.54) is 4.57 Å². The van der Waals surface area contributed by atoms with Gasteiger partial charge >= 0.3 is 0 Å². The lowest BCUT2D eigenvalue weighted by molar-refractivity contribution is -0.130. The van der Waals surface area contributed by atoms with Gasteiger partial charge in [0.25, 0.3) is 0 Å². The number of fused-ring (bicyclic) bond motifs is 2. The second kappa shape index (κ2) is 4.82. The first-order valence-electron chi connectivity index (χ1n) is 9.32. The molecule has 4 rings (SSSR count). The van der Waals surface area contributed by atoms with E-state index in [4.69, 9.17) is 8.85 Å². The summed E-state index contributed by atoms with van der Waals surface area (Å²) in [7, 11) is 3.79. The van der Waals surface area contributed by atoms with E-state index in [0.29, 0.717) is 0 Å². The van der Waals surface area contributed by atoms with Gasteiger partial charge < -0.3 is 14.4 Å². The number of benzene rings is 1. The molecule has 2 aliphatic rings. The average Bonchev–Trinajstić information content (AvgIpc) is 2.96. The Bertz CT molecular complexity index is 816. The molecule has 1 aliphatic heterocycles. The van der Waals surface area contributed by atoms with Crippen molar-refractivity contribution < 1.29 is 14.0 Å². The van der Waals surface area contributed by atoms with E-state index < -0.39 is 12.6 Å². The summed E-state index contributed by atoms with van der Waals surface area (Å²) in [5.74, 6) is 0.141. The van der Waals surface area contributed by atoms with Crippen LogP contribution in [0.3, 0.4) is 0 Å². The van der Waals surface area contributed by atoms with Gasteiger partial charge in [-0.05, 0) is 43.0 Å². The molecule has 0 radical (unpaired) electrons. The van der Waals surface area contributed by atoms with Crippen LogP contribution in [0.15, 0.2) is 24.4 Å². The molecule has 1 aromatic heterocycles. The molecule has 1 aromatic carbocycles. The first-order valence-corrected chi connectivity index (χ1v) is 7.82. The number of likely N-dealkylation sites (N-methyl/N-ethyl adjacent to an activating group) is 1. The van der Waals surface area contributed by atoms with Crippen molar-refractivity contribution in [2.24, 2.45) is 12.9 Å². The van der Waals surface area contributed by atoms with Crippen LogP contribution in [0.5, 0.6) is 0 Å². The topological polar surface area (TPSA) is 37.6 Å². The van der Waals surface area contributed by atoms with Crippen LogP contribution in [0.25, 0.3) is 10.9 Å². The van der Waals surface area contributed by atoms with Gasteiger partial charge in [0, 0.05) is 54.5 Å². The zero-order chi connectivity index (χ0) is 18.0. The maximum atomic E-state index is 9.75. The molecule has 1 saturated heterocycles. The number of piperidine rings is 1. The monoisotopic (exact) mass is 303 g/mol. The van der Waals surface area contributed by atoms with Crippen molar-refractivity contribution in [3.63, 3.8) is 0 Å². The molecule has 0 spiro atoms. The lowest BCUT2D eigenvalue weighted by Gasteiger charge is -2.52. The highest BCUT2D eigenvalue weighted by molar-refractivity contribution is 5.89. The molecule has 1 N–H and O–H groups in total. The summed E-state index contributed by atoms with van der Waals surface area (Å²) in [5.41, 5.74) is 2.32. The van der Waals surface area contributed by atoms with Crippen molar-refractivity contribution >= 4 is 10.9 Å². The van der Waals surface area contributed by atoms with Gasteiger partial charge in [0.1, 0.15) is 5.60 Å². The molecular weight excluding hydrogens is 276 g/mol. The van der Waals surface area contributed by atoms with E-state index in [1.54, 1.807) is 13.3 Å². The third-order valence-corrected chi connectivity index (χ3v) is 5.61. The van der Waals surface area contributed by atoms with Crippen LogP contribution in [-0.2, 0) is 23.7 Å². The number of aryl methyl sites for hydroxylation is 1. The van der Waals surface area contributed by atoms with Crippen LogP contribution < -0.4 is 0 Å². The van der Waals surface area contributed by atoms with Gasteiger partial charge in [0.05, 0.1) is 0 Å². The van der Waals surface area contributed by atoms with Gasteiger partial charge in [0.15, 0.2) is 0 Å². The first-order chi connectivity index (χ1) is 11.8. The van der Waals surface area contributed by atoms with E-state index in [0.717, 1.165) is 41.4 Å². The Morgan fingerprint density at radius 2 is 2.36 bits per heavy atom. The molecule has 2 heterocycles. The van der Waals surface area contributed by atoms with Crippen molar-refractivity contribution in [2.75, 3.05) is 27.3 Å². The summed E-state index contributed by atoms with van der Waals surface area (Å²) in [5, 5.41) is 10.8. The Hall–Kier alpha value is -1.36. The van der Waals surface area contributed by atoms with Gasteiger partial charge in [-0.15, -0.1) is 0 Å². The first kappa shape index (κ1) is 11.2. The quantitative estimate of drug-likeness (QED) is 0.920. The predicted molar refractivity (Wildman–Crippen MR) is 86.9 cm³/mol. The third kappa shape index (κ3) is 1.69. The SMILES string of the molecule is [2H]C([2H])([2H])n1cc2c3c(cccc31)[C@@]1(OC)C[C@@H](CO)CN(C)[C@@H]1C2. The number of hydrogen-bond acceptors (Lipinski definition) is 3. The van der Waals surface area contributed by atoms with E-state index in [1.807, 2.05) is 12.1 Å². The van der Waals surface area contributed by atoms with Crippen LogP contribution in [-0.4, -0.2) is 47.9 Å². The number of aromatic nitrogens is 1. The van der Waals surface area contributed by atoms with E-state index in [2.05, 4.69) is 18.0 Å². The molecule has 0 saturated carbocycles. The molecule has 0 amide bonds. The van der Waals surface area contributed by atoms with Crippen LogP contribution >= 0.6 is 0 Å². The van der Waals surface area contributed by atoms with Crippen molar-refractivity contribution in [2.45, 2.75) is 24.5 Å². The van der Waals surface area contributed by atoms with Crippen LogP contribution in [0.4, 0.5) is 0 Å². The molecular formula is C18H24N2O2. The standard InChI is InChI=1S/C18H24N2O2/c1-19-10-13-7-16-18(22-3,8-12(11-21)9-20(16)2)14-5-4-6-15(19)17(13)14/h4-6,10,12,16,21H,7-9,11H2,1-3H3/t12-,16-,18+/m1/s1/i1D3. The number of likely N-dealkylation sites (tertiary alicyclic amines) is 1. The Balaban J connectivity index is 1.99. The number of aliphatic hydroxyl groups is 1. The number of aliphatic hydroxyl groups excluding tert-OH is 1. The molecule has 4 heteroatoms. The summed E-state index contributed by atoms with van der Waals surface area (Å²) >= 11 is 0. The van der Waals surface area contributed by atoms with Crippen molar-refractivity contribution in [3.05, 3.63) is 35.5 Å². The molecule has 4 nitrogen and oxygen atoms in total. The van der Waals surface area contributed by atoms with E-state index in [-0.39, 0.29) is 18.6 Å². The normalized spacial score (nSPS) is 34.0. The zero-order valence-electron chi connectivity index (χ0n) is 16.0. The molecule has 3 atom stereocenters. The minimum atomic E-state index is -2.20. The minimum absolute atomic E-state index is 0.126. The number of methoxy groups -OCH3 is 1. The summed E-state index contributed by atoms with van der Waals surface area (Å²) in [6, 6.07) is 5.97. The fraction of sp³-hybridized carbons (Fsp3) is 0.556. The number of ether oxygens (including phenoxy) is 1. The molecule has 1 fully saturated rings. The van der Waals surface area contributed by atoms with Gasteiger partial charge in [0.2, 0.25) is 0 Å². The molecule has 2 aromatic rings. The minimum Gasteiger partial charge on any atom is -0.396 e. The van der Waals surface area contributed by atoms with E-state index in [9.17, 15) is 5.11 Å². The molecule has 22 heavy (non-hydrogen) atoms. The highest BCUT2D eigenvalue weighted by Crippen LogP contribution is 2.49. The highest BCUT2D eigenvalue weighted by Gasteiger charge is 2.51. The van der Waals surface area contributed by atoms with Gasteiger partial charge in [-0.3, -0.25) is 4.90 Å². The number of hydrogen-bond donors (Lipinski definition) is 1. The average molecular weight is 303 g/mol. The van der Waals surface area contributed by atoms with Crippen molar-refractivity contribution in [1.82, 2.24) is 9.47 Å². The van der Waals surface area contributed by atoms with Crippen LogP contribution in [0.2, 0.25) is 0 Å². The fourth-order valence-electron chi connectivity index (χ4n) is 4.67. The van der Waals surface area contributed by atoms with Crippen LogP contribution in [0.1, 0.15) is 21.7 Å². The Morgan fingerprint density at radius 1 is 1.50 bits per heavy atom. The highest BCUT2D eigenvalue weighted by atomic mass is 16.5. The summed E-state index contributed by atoms with van der Waals surface area (Å²) in [6.45, 7) is -1.26. The largest absolute Gasteiger partial charge is 0.396 e. The van der Waals surface area contributed by atoms with Gasteiger partial charge in [-0.25, -0.2) is 0 Å². The maximum Gasteiger partial charge on any atom is 0.110 e. The summed E-state index contributed by atoms with van der Waals surface area (Å²) in [4.78, 5) is 2.25. The molecule has 0 bridgehead atoms. The van der Waals surface area contributed by atoms with Crippen molar-refractivity contribution in [1.29, 1.82) is 0 Å². The second-order valence-corrected chi connectivity index (χ2v) is 6.73. The summed E-state index contributed by atoms with van der Waals surface area (Å²) < 4.78 is 31.1. The van der Waals surface area contributed by atoms with Gasteiger partial charge in [-0.2, -0.15) is 0 Å². The molecule has 0 unspecified atom stereocenters. The predicted octanol–water partition coefficient (Wildman–Crippen LogP) is 1.89. The van der Waals surface area contributed by atoms with E-state index >= 15 is 0 Å². The van der Waals surface area contributed by atoms with Crippen LogP contribution in [0, 0.1) is 5.92 Å². The summed E-state index contributed by atoms with van der Waals surface area (Å²) in [6.07, 6.45) is 3.28. The van der Waals surface area contributed by atoms with Gasteiger partial charge in [-0.1, -0.05) is 12.1 Å². The van der Waals surface area contributed by atoms with Crippen molar-refractivity contribution in [3.8, 4) is 0 Å². The zero-order valence-corrected chi connectivity index (χ0v) is 13.0.